The zero-order chi connectivity index (χ0) is 11.5. The molecule has 1 unspecified atom stereocenters. The average molecular weight is 291 g/mol. The van der Waals surface area contributed by atoms with Crippen molar-refractivity contribution in [2.24, 2.45) is 5.73 Å². The van der Waals surface area contributed by atoms with E-state index in [0.717, 1.165) is 34.3 Å². The van der Waals surface area contributed by atoms with Gasteiger partial charge in [-0.3, -0.25) is 0 Å². The Bertz CT molecular complexity index is 336. The van der Waals surface area contributed by atoms with E-state index in [4.69, 9.17) is 17.3 Å². The maximum atomic E-state index is 6.28. The summed E-state index contributed by atoms with van der Waals surface area (Å²) in [5.41, 5.74) is 6.98. The van der Waals surface area contributed by atoms with Crippen LogP contribution in [-0.4, -0.2) is 0 Å². The third kappa shape index (κ3) is 3.47. The quantitative estimate of drug-likeness (QED) is 0.870. The molecule has 15 heavy (non-hydrogen) atoms. The van der Waals surface area contributed by atoms with E-state index >= 15 is 0 Å². The Morgan fingerprint density at radius 3 is 2.67 bits per heavy atom. The Kier molecular flexibility index (Phi) is 4.63. The fourth-order valence-electron chi connectivity index (χ4n) is 1.63. The highest BCUT2D eigenvalue weighted by molar-refractivity contribution is 9.10. The molecular formula is C12H17BrClN. The lowest BCUT2D eigenvalue weighted by atomic mass is 9.88. The predicted molar refractivity (Wildman–Crippen MR) is 70.2 cm³/mol. The summed E-state index contributed by atoms with van der Waals surface area (Å²) < 4.78 is 0.988. The molecule has 0 aliphatic carbocycles. The standard InChI is InChI=1S/C12H17BrClN/c1-3-4-7-12(2,15)10-6-5-9(13)8-11(10)14/h5-6,8H,3-4,7,15H2,1-2H3. The molecule has 0 bridgehead atoms. The number of rotatable bonds is 4. The van der Waals surface area contributed by atoms with Gasteiger partial charge in [0.05, 0.1) is 0 Å². The SMILES string of the molecule is CCCCC(C)(N)c1ccc(Br)cc1Cl. The van der Waals surface area contributed by atoms with Gasteiger partial charge in [0, 0.05) is 15.0 Å². The van der Waals surface area contributed by atoms with Gasteiger partial charge in [-0.15, -0.1) is 0 Å². The van der Waals surface area contributed by atoms with Crippen LogP contribution in [0.25, 0.3) is 0 Å². The maximum Gasteiger partial charge on any atom is 0.0467 e. The summed E-state index contributed by atoms with van der Waals surface area (Å²) in [6.07, 6.45) is 3.24. The second kappa shape index (κ2) is 5.33. The summed E-state index contributed by atoms with van der Waals surface area (Å²) in [4.78, 5) is 0. The van der Waals surface area contributed by atoms with Crippen molar-refractivity contribution < 1.29 is 0 Å². The highest BCUT2D eigenvalue weighted by Gasteiger charge is 2.22. The second-order valence-corrected chi connectivity index (χ2v) is 5.47. The molecule has 2 N–H and O–H groups in total. The largest absolute Gasteiger partial charge is 0.322 e. The maximum absolute atomic E-state index is 6.28. The molecule has 3 heteroatoms. The van der Waals surface area contributed by atoms with E-state index in [-0.39, 0.29) is 5.54 Å². The van der Waals surface area contributed by atoms with E-state index in [1.807, 2.05) is 25.1 Å². The van der Waals surface area contributed by atoms with Gasteiger partial charge in [0.15, 0.2) is 0 Å². The summed E-state index contributed by atoms with van der Waals surface area (Å²) in [6.45, 7) is 4.21. The van der Waals surface area contributed by atoms with Gasteiger partial charge in [-0.2, -0.15) is 0 Å². The molecule has 0 heterocycles. The van der Waals surface area contributed by atoms with Crippen molar-refractivity contribution >= 4 is 27.5 Å². The highest BCUT2D eigenvalue weighted by atomic mass is 79.9. The Morgan fingerprint density at radius 1 is 1.47 bits per heavy atom. The molecule has 0 saturated heterocycles. The molecule has 0 amide bonds. The average Bonchev–Trinajstić information content (AvgIpc) is 2.14. The zero-order valence-electron chi connectivity index (χ0n) is 9.19. The molecule has 0 spiro atoms. The van der Waals surface area contributed by atoms with Crippen LogP contribution in [0.5, 0.6) is 0 Å². The minimum atomic E-state index is -0.326. The van der Waals surface area contributed by atoms with Crippen molar-refractivity contribution in [3.05, 3.63) is 33.3 Å². The molecule has 84 valence electrons. The summed E-state index contributed by atoms with van der Waals surface area (Å²) in [6, 6.07) is 5.88. The molecule has 0 aromatic heterocycles. The van der Waals surface area contributed by atoms with Gasteiger partial charge in [-0.1, -0.05) is 53.4 Å². The van der Waals surface area contributed by atoms with Crippen molar-refractivity contribution in [1.29, 1.82) is 0 Å². The number of hydrogen-bond donors (Lipinski definition) is 1. The second-order valence-electron chi connectivity index (χ2n) is 4.15. The van der Waals surface area contributed by atoms with E-state index in [1.165, 1.54) is 0 Å². The number of halogens is 2. The van der Waals surface area contributed by atoms with Crippen molar-refractivity contribution in [2.75, 3.05) is 0 Å². The molecule has 0 saturated carbocycles. The van der Waals surface area contributed by atoms with Gasteiger partial charge in [0.2, 0.25) is 0 Å². The first kappa shape index (κ1) is 13.0. The first-order chi connectivity index (χ1) is 6.97. The van der Waals surface area contributed by atoms with Crippen LogP contribution in [0, 0.1) is 0 Å². The monoisotopic (exact) mass is 289 g/mol. The van der Waals surface area contributed by atoms with E-state index in [1.54, 1.807) is 0 Å². The van der Waals surface area contributed by atoms with Crippen LogP contribution in [-0.2, 0) is 5.54 Å². The summed E-state index contributed by atoms with van der Waals surface area (Å²) in [7, 11) is 0. The summed E-state index contributed by atoms with van der Waals surface area (Å²) in [5.74, 6) is 0. The fraction of sp³-hybridized carbons (Fsp3) is 0.500. The number of hydrogen-bond acceptors (Lipinski definition) is 1. The number of unbranched alkanes of at least 4 members (excludes halogenated alkanes) is 1. The van der Waals surface area contributed by atoms with Crippen LogP contribution in [0.4, 0.5) is 0 Å². The molecule has 1 rings (SSSR count). The van der Waals surface area contributed by atoms with Gasteiger partial charge in [0.25, 0.3) is 0 Å². The van der Waals surface area contributed by atoms with E-state index in [0.29, 0.717) is 0 Å². The van der Waals surface area contributed by atoms with Crippen LogP contribution >= 0.6 is 27.5 Å². The first-order valence-electron chi connectivity index (χ1n) is 5.22. The Balaban J connectivity index is 2.93. The van der Waals surface area contributed by atoms with E-state index < -0.39 is 0 Å². The Hall–Kier alpha value is -0.0500. The molecule has 1 nitrogen and oxygen atoms in total. The van der Waals surface area contributed by atoms with Gasteiger partial charge < -0.3 is 5.73 Å². The molecule has 0 aliphatic rings. The highest BCUT2D eigenvalue weighted by Crippen LogP contribution is 2.31. The van der Waals surface area contributed by atoms with E-state index in [2.05, 4.69) is 22.9 Å². The van der Waals surface area contributed by atoms with E-state index in [9.17, 15) is 0 Å². The van der Waals surface area contributed by atoms with Crippen LogP contribution in [0.3, 0.4) is 0 Å². The fourth-order valence-corrected chi connectivity index (χ4v) is 2.52. The minimum Gasteiger partial charge on any atom is -0.322 e. The molecular weight excluding hydrogens is 273 g/mol. The lowest BCUT2D eigenvalue weighted by Crippen LogP contribution is -2.33. The molecule has 1 atom stereocenters. The normalized spacial score (nSPS) is 15.0. The molecule has 0 fully saturated rings. The van der Waals surface area contributed by atoms with Crippen LogP contribution < -0.4 is 5.73 Å². The molecule has 0 aliphatic heterocycles. The van der Waals surface area contributed by atoms with Crippen LogP contribution in [0.1, 0.15) is 38.7 Å². The lowest BCUT2D eigenvalue weighted by Gasteiger charge is -2.26. The summed E-state index contributed by atoms with van der Waals surface area (Å²) >= 11 is 9.57. The smallest absolute Gasteiger partial charge is 0.0467 e. The molecule has 0 radical (unpaired) electrons. The third-order valence-electron chi connectivity index (χ3n) is 2.60. The first-order valence-corrected chi connectivity index (χ1v) is 6.39. The van der Waals surface area contributed by atoms with Gasteiger partial charge >= 0.3 is 0 Å². The van der Waals surface area contributed by atoms with Crippen LogP contribution in [0.15, 0.2) is 22.7 Å². The van der Waals surface area contributed by atoms with Crippen molar-refractivity contribution in [1.82, 2.24) is 0 Å². The van der Waals surface area contributed by atoms with Crippen molar-refractivity contribution in [3.63, 3.8) is 0 Å². The van der Waals surface area contributed by atoms with Crippen LogP contribution in [0.2, 0.25) is 5.02 Å². The van der Waals surface area contributed by atoms with Gasteiger partial charge in [-0.25, -0.2) is 0 Å². The molecule has 1 aromatic rings. The Morgan fingerprint density at radius 2 is 2.13 bits per heavy atom. The van der Waals surface area contributed by atoms with Crippen molar-refractivity contribution in [2.45, 2.75) is 38.6 Å². The van der Waals surface area contributed by atoms with Gasteiger partial charge in [0.1, 0.15) is 0 Å². The number of nitrogens with two attached hydrogens (primary N) is 1. The lowest BCUT2D eigenvalue weighted by molar-refractivity contribution is 0.433. The van der Waals surface area contributed by atoms with Crippen molar-refractivity contribution in [3.8, 4) is 0 Å². The number of benzene rings is 1. The topological polar surface area (TPSA) is 26.0 Å². The molecule has 1 aromatic carbocycles. The predicted octanol–water partition coefficient (Wildman–Crippen LogP) is 4.47. The third-order valence-corrected chi connectivity index (χ3v) is 3.40. The summed E-state index contributed by atoms with van der Waals surface area (Å²) in [5, 5.41) is 0.741. The zero-order valence-corrected chi connectivity index (χ0v) is 11.5. The minimum absolute atomic E-state index is 0.326. The van der Waals surface area contributed by atoms with Gasteiger partial charge in [-0.05, 0) is 31.0 Å². The Labute approximate surface area is 105 Å².